The maximum atomic E-state index is 12.0. The normalized spacial score (nSPS) is 10.3. The van der Waals surface area contributed by atoms with Crippen molar-refractivity contribution >= 4 is 23.5 Å². The van der Waals surface area contributed by atoms with Gasteiger partial charge in [0.2, 0.25) is 11.8 Å². The summed E-state index contributed by atoms with van der Waals surface area (Å²) >= 11 is 0. The van der Waals surface area contributed by atoms with Crippen LogP contribution in [-0.4, -0.2) is 56.9 Å². The second-order valence-electron chi connectivity index (χ2n) is 5.59. The molecule has 1 heterocycles. The number of nitrogens with one attached hydrogen (secondary N) is 1. The highest BCUT2D eigenvalue weighted by Gasteiger charge is 2.10. The predicted molar refractivity (Wildman–Crippen MR) is 89.5 cm³/mol. The zero-order chi connectivity index (χ0) is 18.4. The molecule has 132 valence electrons. The number of aromatic carboxylic acids is 1. The molecular formula is C16H19N5O4. The van der Waals surface area contributed by atoms with Gasteiger partial charge in [-0.1, -0.05) is 11.3 Å². The Labute approximate surface area is 144 Å². The van der Waals surface area contributed by atoms with Gasteiger partial charge < -0.3 is 15.3 Å². The highest BCUT2D eigenvalue weighted by molar-refractivity contribution is 5.91. The number of carbonyl (C=O) groups is 3. The average molecular weight is 345 g/mol. The molecule has 2 N–H and O–H groups in total. The molecule has 0 fully saturated rings. The third kappa shape index (κ3) is 5.13. The molecule has 0 aliphatic carbocycles. The van der Waals surface area contributed by atoms with Crippen LogP contribution in [0.25, 0.3) is 5.69 Å². The van der Waals surface area contributed by atoms with E-state index in [1.807, 2.05) is 0 Å². The molecule has 0 aliphatic heterocycles. The van der Waals surface area contributed by atoms with Gasteiger partial charge in [0, 0.05) is 32.6 Å². The Kier molecular flexibility index (Phi) is 5.83. The number of carbonyl (C=O) groups excluding carboxylic acids is 2. The van der Waals surface area contributed by atoms with E-state index in [0.29, 0.717) is 24.2 Å². The molecule has 0 saturated carbocycles. The minimum Gasteiger partial charge on any atom is -0.476 e. The van der Waals surface area contributed by atoms with E-state index in [1.165, 1.54) is 15.8 Å². The van der Waals surface area contributed by atoms with E-state index in [-0.39, 0.29) is 23.9 Å². The van der Waals surface area contributed by atoms with E-state index < -0.39 is 5.97 Å². The van der Waals surface area contributed by atoms with Gasteiger partial charge in [-0.25, -0.2) is 9.48 Å². The zero-order valence-electron chi connectivity index (χ0n) is 14.0. The summed E-state index contributed by atoms with van der Waals surface area (Å²) in [6.45, 7) is 0. The third-order valence-corrected chi connectivity index (χ3v) is 3.40. The molecule has 1 aromatic carbocycles. The number of rotatable bonds is 7. The summed E-state index contributed by atoms with van der Waals surface area (Å²) in [7, 11) is 3.35. The average Bonchev–Trinajstić information content (AvgIpc) is 3.05. The molecule has 2 aromatic rings. The number of carboxylic acids is 1. The third-order valence-electron chi connectivity index (χ3n) is 3.40. The molecule has 2 amide bonds. The topological polar surface area (TPSA) is 117 Å². The van der Waals surface area contributed by atoms with Crippen LogP contribution in [0.3, 0.4) is 0 Å². The fraction of sp³-hybridized carbons (Fsp3) is 0.312. The second kappa shape index (κ2) is 8.04. The minimum atomic E-state index is -1.16. The molecule has 0 aliphatic rings. The Bertz CT molecular complexity index is 784. The fourth-order valence-corrected chi connectivity index (χ4v) is 2.06. The Morgan fingerprint density at radius 3 is 2.64 bits per heavy atom. The van der Waals surface area contributed by atoms with Crippen LogP contribution < -0.4 is 5.32 Å². The number of hydrogen-bond acceptors (Lipinski definition) is 5. The maximum Gasteiger partial charge on any atom is 0.358 e. The van der Waals surface area contributed by atoms with Gasteiger partial charge in [0.25, 0.3) is 0 Å². The first kappa shape index (κ1) is 18.1. The van der Waals surface area contributed by atoms with Gasteiger partial charge in [-0.3, -0.25) is 9.59 Å². The van der Waals surface area contributed by atoms with Gasteiger partial charge in [0.05, 0.1) is 11.9 Å². The van der Waals surface area contributed by atoms with Crippen molar-refractivity contribution in [2.24, 2.45) is 0 Å². The molecule has 0 bridgehead atoms. The van der Waals surface area contributed by atoms with Crippen molar-refractivity contribution in [3.8, 4) is 5.69 Å². The predicted octanol–water partition coefficient (Wildman–Crippen LogP) is 1.16. The molecule has 0 radical (unpaired) electrons. The first-order valence-electron chi connectivity index (χ1n) is 7.63. The lowest BCUT2D eigenvalue weighted by Crippen LogP contribution is -2.21. The van der Waals surface area contributed by atoms with E-state index in [4.69, 9.17) is 5.11 Å². The van der Waals surface area contributed by atoms with Crippen LogP contribution in [0.1, 0.15) is 29.8 Å². The summed E-state index contributed by atoms with van der Waals surface area (Å²) in [4.78, 5) is 35.8. The highest BCUT2D eigenvalue weighted by atomic mass is 16.4. The Balaban J connectivity index is 1.95. The Morgan fingerprint density at radius 2 is 2.00 bits per heavy atom. The van der Waals surface area contributed by atoms with Gasteiger partial charge in [-0.2, -0.15) is 0 Å². The van der Waals surface area contributed by atoms with Gasteiger partial charge in [-0.15, -0.1) is 5.10 Å². The summed E-state index contributed by atoms with van der Waals surface area (Å²) < 4.78 is 1.31. The van der Waals surface area contributed by atoms with Gasteiger partial charge in [0.1, 0.15) is 0 Å². The van der Waals surface area contributed by atoms with Crippen LogP contribution in [0.4, 0.5) is 5.69 Å². The number of carboxylic acid groups (broad SMARTS) is 1. The summed E-state index contributed by atoms with van der Waals surface area (Å²) in [5, 5.41) is 18.9. The van der Waals surface area contributed by atoms with Crippen molar-refractivity contribution in [1.29, 1.82) is 0 Å². The van der Waals surface area contributed by atoms with E-state index in [1.54, 1.807) is 38.4 Å². The van der Waals surface area contributed by atoms with E-state index >= 15 is 0 Å². The SMILES string of the molecule is CN(C)C(=O)CCCC(=O)Nc1cccc(-n2cc(C(=O)O)nn2)c1. The lowest BCUT2D eigenvalue weighted by Gasteiger charge is -2.10. The second-order valence-corrected chi connectivity index (χ2v) is 5.59. The first-order chi connectivity index (χ1) is 11.9. The summed E-state index contributed by atoms with van der Waals surface area (Å²) in [5.41, 5.74) is 0.953. The standard InChI is InChI=1S/C16H19N5O4/c1-20(2)15(23)8-4-7-14(22)17-11-5-3-6-12(9-11)21-10-13(16(24)25)18-19-21/h3,5-6,9-10H,4,7-8H2,1-2H3,(H,17,22)(H,24,25). The highest BCUT2D eigenvalue weighted by Crippen LogP contribution is 2.15. The largest absolute Gasteiger partial charge is 0.476 e. The molecule has 25 heavy (non-hydrogen) atoms. The minimum absolute atomic E-state index is 0.0183. The summed E-state index contributed by atoms with van der Waals surface area (Å²) in [6, 6.07) is 6.79. The van der Waals surface area contributed by atoms with E-state index in [9.17, 15) is 14.4 Å². The molecule has 0 saturated heterocycles. The molecular weight excluding hydrogens is 326 g/mol. The van der Waals surface area contributed by atoms with E-state index in [2.05, 4.69) is 15.6 Å². The molecule has 2 rings (SSSR count). The number of aromatic nitrogens is 3. The van der Waals surface area contributed by atoms with Crippen LogP contribution in [0.5, 0.6) is 0 Å². The lowest BCUT2D eigenvalue weighted by atomic mass is 10.2. The van der Waals surface area contributed by atoms with Gasteiger partial charge in [0.15, 0.2) is 5.69 Å². The van der Waals surface area contributed by atoms with Crippen LogP contribution in [0.15, 0.2) is 30.5 Å². The van der Waals surface area contributed by atoms with Gasteiger partial charge in [-0.05, 0) is 24.6 Å². The summed E-state index contributed by atoms with van der Waals surface area (Å²) in [6.07, 6.45) is 2.30. The number of hydrogen-bond donors (Lipinski definition) is 2. The zero-order valence-corrected chi connectivity index (χ0v) is 14.0. The maximum absolute atomic E-state index is 12.0. The van der Waals surface area contributed by atoms with Crippen LogP contribution in [0.2, 0.25) is 0 Å². The number of anilines is 1. The van der Waals surface area contributed by atoms with Crippen molar-refractivity contribution in [2.75, 3.05) is 19.4 Å². The van der Waals surface area contributed by atoms with Crippen LogP contribution in [0, 0.1) is 0 Å². The number of nitrogens with zero attached hydrogens (tertiary/aromatic N) is 4. The van der Waals surface area contributed by atoms with Crippen LogP contribution in [-0.2, 0) is 9.59 Å². The smallest absolute Gasteiger partial charge is 0.358 e. The molecule has 9 heteroatoms. The fourth-order valence-electron chi connectivity index (χ4n) is 2.06. The monoisotopic (exact) mass is 345 g/mol. The quantitative estimate of drug-likeness (QED) is 0.777. The molecule has 0 spiro atoms. The lowest BCUT2D eigenvalue weighted by molar-refractivity contribution is -0.128. The Morgan fingerprint density at radius 1 is 1.24 bits per heavy atom. The van der Waals surface area contributed by atoms with Crippen molar-refractivity contribution in [2.45, 2.75) is 19.3 Å². The van der Waals surface area contributed by atoms with Crippen molar-refractivity contribution in [3.63, 3.8) is 0 Å². The first-order valence-corrected chi connectivity index (χ1v) is 7.63. The summed E-state index contributed by atoms with van der Waals surface area (Å²) in [5.74, 6) is -1.38. The van der Waals surface area contributed by atoms with Crippen molar-refractivity contribution in [1.82, 2.24) is 19.9 Å². The number of benzene rings is 1. The van der Waals surface area contributed by atoms with Crippen LogP contribution >= 0.6 is 0 Å². The molecule has 0 unspecified atom stereocenters. The molecule has 0 atom stereocenters. The van der Waals surface area contributed by atoms with Crippen molar-refractivity contribution < 1.29 is 19.5 Å². The number of amides is 2. The van der Waals surface area contributed by atoms with E-state index in [0.717, 1.165) is 0 Å². The molecule has 9 nitrogen and oxygen atoms in total. The molecule has 1 aromatic heterocycles. The Hall–Kier alpha value is -3.23. The van der Waals surface area contributed by atoms with Gasteiger partial charge >= 0.3 is 5.97 Å². The van der Waals surface area contributed by atoms with Crippen molar-refractivity contribution in [3.05, 3.63) is 36.2 Å².